The van der Waals surface area contributed by atoms with Gasteiger partial charge in [0.1, 0.15) is 17.2 Å². The predicted octanol–water partition coefficient (Wildman–Crippen LogP) is 5.45. The van der Waals surface area contributed by atoms with Gasteiger partial charge in [-0.05, 0) is 66.6 Å². The largest absolute Gasteiger partial charge is 0.457 e. The van der Waals surface area contributed by atoms with Crippen LogP contribution >= 0.6 is 0 Å². The summed E-state index contributed by atoms with van der Waals surface area (Å²) in [7, 11) is -3.69. The van der Waals surface area contributed by atoms with E-state index in [2.05, 4.69) is 9.71 Å². The van der Waals surface area contributed by atoms with Crippen LogP contribution < -0.4 is 14.2 Å². The van der Waals surface area contributed by atoms with Gasteiger partial charge in [-0.1, -0.05) is 36.4 Å². The Balaban J connectivity index is 1.40. The van der Waals surface area contributed by atoms with Crippen LogP contribution in [0.1, 0.15) is 11.1 Å². The van der Waals surface area contributed by atoms with Gasteiger partial charge in [-0.3, -0.25) is 0 Å². The van der Waals surface area contributed by atoms with Crippen LogP contribution in [0.4, 0.5) is 0 Å². The van der Waals surface area contributed by atoms with Gasteiger partial charge in [-0.2, -0.15) is 0 Å². The molecule has 1 N–H and O–H groups in total. The second-order valence-corrected chi connectivity index (χ2v) is 8.85. The first-order valence-electron chi connectivity index (χ1n) is 10.0. The number of benzene rings is 3. The van der Waals surface area contributed by atoms with Crippen molar-refractivity contribution in [1.29, 1.82) is 0 Å². The third-order valence-corrected chi connectivity index (χ3v) is 6.10. The van der Waals surface area contributed by atoms with Crippen molar-refractivity contribution < 1.29 is 17.9 Å². The van der Waals surface area contributed by atoms with E-state index < -0.39 is 10.0 Å². The maximum absolute atomic E-state index is 12.7. The van der Waals surface area contributed by atoms with E-state index in [1.54, 1.807) is 48.7 Å². The molecule has 7 heteroatoms. The first-order valence-corrected chi connectivity index (χ1v) is 11.5. The summed E-state index contributed by atoms with van der Waals surface area (Å²) in [6, 6.07) is 26.6. The molecule has 0 bridgehead atoms. The Kier molecular flexibility index (Phi) is 6.49. The summed E-state index contributed by atoms with van der Waals surface area (Å²) in [6.45, 7) is 2.08. The number of rotatable bonds is 8. The topological polar surface area (TPSA) is 77.5 Å². The molecule has 4 rings (SSSR count). The minimum Gasteiger partial charge on any atom is -0.457 e. The average Bonchev–Trinajstić information content (AvgIpc) is 2.81. The molecule has 0 aliphatic rings. The molecule has 4 aromatic rings. The first kappa shape index (κ1) is 21.5. The summed E-state index contributed by atoms with van der Waals surface area (Å²) in [4.78, 5) is 4.29. The van der Waals surface area contributed by atoms with Crippen molar-refractivity contribution in [3.05, 3.63) is 108 Å². The van der Waals surface area contributed by atoms with Crippen molar-refractivity contribution >= 4 is 10.0 Å². The van der Waals surface area contributed by atoms with E-state index in [0.29, 0.717) is 17.4 Å². The fraction of sp³-hybridized carbons (Fsp3) is 0.0800. The molecule has 0 aliphatic carbocycles. The normalized spacial score (nSPS) is 11.2. The summed E-state index contributed by atoms with van der Waals surface area (Å²) in [5, 5.41) is 0. The predicted molar refractivity (Wildman–Crippen MR) is 122 cm³/mol. The van der Waals surface area contributed by atoms with E-state index in [-0.39, 0.29) is 11.4 Å². The number of hydrogen-bond acceptors (Lipinski definition) is 5. The van der Waals surface area contributed by atoms with Crippen LogP contribution in [0.5, 0.6) is 23.1 Å². The van der Waals surface area contributed by atoms with Gasteiger partial charge in [0.25, 0.3) is 0 Å². The van der Waals surface area contributed by atoms with E-state index >= 15 is 0 Å². The van der Waals surface area contributed by atoms with Crippen LogP contribution in [0.15, 0.2) is 102 Å². The zero-order valence-corrected chi connectivity index (χ0v) is 18.2. The third kappa shape index (κ3) is 5.51. The molecule has 0 fully saturated rings. The van der Waals surface area contributed by atoms with E-state index in [1.807, 2.05) is 43.3 Å². The molecule has 0 unspecified atom stereocenters. The summed E-state index contributed by atoms with van der Waals surface area (Å²) >= 11 is 0. The number of sulfonamides is 1. The number of hydrogen-bond donors (Lipinski definition) is 1. The van der Waals surface area contributed by atoms with Gasteiger partial charge < -0.3 is 9.47 Å². The smallest absolute Gasteiger partial charge is 0.240 e. The van der Waals surface area contributed by atoms with Crippen molar-refractivity contribution in [3.8, 4) is 23.1 Å². The Labute approximate surface area is 187 Å². The molecular weight excluding hydrogens is 424 g/mol. The molecule has 0 amide bonds. The molecule has 0 saturated heterocycles. The van der Waals surface area contributed by atoms with Crippen LogP contribution in [-0.2, 0) is 16.6 Å². The summed E-state index contributed by atoms with van der Waals surface area (Å²) in [5.74, 6) is 2.35. The lowest BCUT2D eigenvalue weighted by molar-refractivity contribution is 0.462. The lowest BCUT2D eigenvalue weighted by Gasteiger charge is -2.11. The number of nitrogens with zero attached hydrogens (tertiary/aromatic N) is 1. The maximum atomic E-state index is 12.7. The summed E-state index contributed by atoms with van der Waals surface area (Å²) < 4.78 is 39.6. The van der Waals surface area contributed by atoms with Crippen LogP contribution in [-0.4, -0.2) is 13.4 Å². The van der Waals surface area contributed by atoms with Gasteiger partial charge in [-0.15, -0.1) is 0 Å². The lowest BCUT2D eigenvalue weighted by atomic mass is 10.2. The minimum atomic E-state index is -3.69. The summed E-state index contributed by atoms with van der Waals surface area (Å²) in [5.41, 5.74) is 1.77. The van der Waals surface area contributed by atoms with E-state index in [1.165, 1.54) is 12.1 Å². The Hall–Kier alpha value is -3.68. The monoisotopic (exact) mass is 446 g/mol. The zero-order chi connectivity index (χ0) is 22.4. The maximum Gasteiger partial charge on any atom is 0.240 e. The average molecular weight is 447 g/mol. The third-order valence-electron chi connectivity index (χ3n) is 4.68. The Morgan fingerprint density at radius 2 is 1.59 bits per heavy atom. The van der Waals surface area contributed by atoms with Crippen LogP contribution in [0.2, 0.25) is 0 Å². The molecule has 0 atom stereocenters. The molecule has 6 nitrogen and oxygen atoms in total. The number of nitrogens with one attached hydrogen (secondary N) is 1. The molecule has 0 radical (unpaired) electrons. The standard InChI is InChI=1S/C25H22N2O4S/c1-19-7-2-3-10-24(19)30-21-12-14-23(15-13-21)32(28,29)27-18-20-8-6-9-22(17-20)31-25-11-4-5-16-26-25/h2-17,27H,18H2,1H3. The number of ether oxygens (including phenoxy) is 2. The van der Waals surface area contributed by atoms with E-state index in [4.69, 9.17) is 9.47 Å². The number of aromatic nitrogens is 1. The Morgan fingerprint density at radius 3 is 2.34 bits per heavy atom. The van der Waals surface area contributed by atoms with Crippen molar-refractivity contribution in [2.75, 3.05) is 0 Å². The molecule has 32 heavy (non-hydrogen) atoms. The van der Waals surface area contributed by atoms with Crippen molar-refractivity contribution in [2.45, 2.75) is 18.4 Å². The van der Waals surface area contributed by atoms with Crippen molar-refractivity contribution in [2.24, 2.45) is 0 Å². The Morgan fingerprint density at radius 1 is 0.812 bits per heavy atom. The first-order chi connectivity index (χ1) is 15.5. The highest BCUT2D eigenvalue weighted by Gasteiger charge is 2.14. The number of para-hydroxylation sites is 1. The van der Waals surface area contributed by atoms with Gasteiger partial charge in [0.15, 0.2) is 0 Å². The minimum absolute atomic E-state index is 0.128. The molecule has 0 spiro atoms. The number of aryl methyl sites for hydroxylation is 1. The molecule has 162 valence electrons. The fourth-order valence-corrected chi connectivity index (χ4v) is 4.01. The molecule has 1 aromatic heterocycles. The molecule has 0 saturated carbocycles. The molecule has 3 aromatic carbocycles. The zero-order valence-electron chi connectivity index (χ0n) is 17.4. The number of pyridine rings is 1. The van der Waals surface area contributed by atoms with Gasteiger partial charge in [0.05, 0.1) is 4.90 Å². The molecular formula is C25H22N2O4S. The van der Waals surface area contributed by atoms with Crippen LogP contribution in [0.3, 0.4) is 0 Å². The fourth-order valence-electron chi connectivity index (χ4n) is 2.99. The lowest BCUT2D eigenvalue weighted by Crippen LogP contribution is -2.23. The molecule has 0 aliphatic heterocycles. The second-order valence-electron chi connectivity index (χ2n) is 7.08. The van der Waals surface area contributed by atoms with E-state index in [0.717, 1.165) is 16.9 Å². The highest BCUT2D eigenvalue weighted by Crippen LogP contribution is 2.26. The van der Waals surface area contributed by atoms with Crippen molar-refractivity contribution in [1.82, 2.24) is 9.71 Å². The van der Waals surface area contributed by atoms with Crippen molar-refractivity contribution in [3.63, 3.8) is 0 Å². The van der Waals surface area contributed by atoms with Crippen LogP contribution in [0, 0.1) is 6.92 Å². The highest BCUT2D eigenvalue weighted by atomic mass is 32.2. The quantitative estimate of drug-likeness (QED) is 0.389. The van der Waals surface area contributed by atoms with Gasteiger partial charge in [0, 0.05) is 18.8 Å². The van der Waals surface area contributed by atoms with Gasteiger partial charge in [-0.25, -0.2) is 18.1 Å². The van der Waals surface area contributed by atoms with Gasteiger partial charge in [0.2, 0.25) is 15.9 Å². The van der Waals surface area contributed by atoms with Gasteiger partial charge >= 0.3 is 0 Å². The van der Waals surface area contributed by atoms with E-state index in [9.17, 15) is 8.42 Å². The summed E-state index contributed by atoms with van der Waals surface area (Å²) in [6.07, 6.45) is 1.64. The second kappa shape index (κ2) is 9.64. The van der Waals surface area contributed by atoms with Crippen LogP contribution in [0.25, 0.3) is 0 Å². The Bertz CT molecular complexity index is 1290. The highest BCUT2D eigenvalue weighted by molar-refractivity contribution is 7.89. The SMILES string of the molecule is Cc1ccccc1Oc1ccc(S(=O)(=O)NCc2cccc(Oc3ccccn3)c2)cc1. The molecule has 1 heterocycles.